The molecule has 1 aromatic carbocycles. The van der Waals surface area contributed by atoms with E-state index in [0.29, 0.717) is 18.1 Å². The summed E-state index contributed by atoms with van der Waals surface area (Å²) in [5, 5.41) is 3.79. The predicted molar refractivity (Wildman–Crippen MR) is 98.8 cm³/mol. The first kappa shape index (κ1) is 16.3. The Morgan fingerprint density at radius 3 is 2.76 bits per heavy atom. The van der Waals surface area contributed by atoms with Crippen molar-refractivity contribution in [3.8, 4) is 5.69 Å². The third-order valence-corrected chi connectivity index (χ3v) is 5.47. The molecular weight excluding hydrogens is 314 g/mol. The lowest BCUT2D eigenvalue weighted by Gasteiger charge is -2.28. The average molecular weight is 339 g/mol. The van der Waals surface area contributed by atoms with E-state index in [1.807, 2.05) is 6.07 Å². The number of aromatic nitrogens is 2. The van der Waals surface area contributed by atoms with Gasteiger partial charge in [-0.3, -0.25) is 4.57 Å². The third kappa shape index (κ3) is 3.45. The first-order chi connectivity index (χ1) is 12.1. The number of fused-ring (bicyclic) bond motifs is 1. The third-order valence-electron chi connectivity index (χ3n) is 5.47. The molecule has 3 unspecified atom stereocenters. The molecule has 1 aromatic heterocycles. The van der Waals surface area contributed by atoms with Crippen molar-refractivity contribution in [1.82, 2.24) is 14.9 Å². The number of hydrogen-bond donors (Lipinski definition) is 3. The van der Waals surface area contributed by atoms with E-state index in [-0.39, 0.29) is 11.5 Å². The highest BCUT2D eigenvalue weighted by molar-refractivity contribution is 5.43. The molecule has 132 valence electrons. The molecule has 1 fully saturated rings. The highest BCUT2D eigenvalue weighted by atomic mass is 16.1. The Hall–Kier alpha value is -2.18. The standard InChI is InChI=1S/C19H25N5O/c20-14-3-5-16(11-14)22-15-4-1-13-10-17(6-2-12(13)9-15)24-8-7-18(21)23-19(24)25/h2,6-8,10,14-16,22H,1,3-5,9,11,20H2,(H2,21,23,25). The van der Waals surface area contributed by atoms with Crippen LogP contribution in [0.5, 0.6) is 0 Å². The minimum Gasteiger partial charge on any atom is -0.383 e. The summed E-state index contributed by atoms with van der Waals surface area (Å²) in [7, 11) is 0. The predicted octanol–water partition coefficient (Wildman–Crippen LogP) is 1.14. The number of rotatable bonds is 3. The highest BCUT2D eigenvalue weighted by Crippen LogP contribution is 2.26. The molecule has 1 saturated carbocycles. The molecule has 1 heterocycles. The molecule has 4 rings (SSSR count). The van der Waals surface area contributed by atoms with Crippen molar-refractivity contribution in [1.29, 1.82) is 0 Å². The Balaban J connectivity index is 1.50. The number of aryl methyl sites for hydroxylation is 1. The van der Waals surface area contributed by atoms with Gasteiger partial charge in [-0.2, -0.15) is 4.98 Å². The first-order valence-electron chi connectivity index (χ1n) is 9.07. The van der Waals surface area contributed by atoms with E-state index in [1.54, 1.807) is 16.8 Å². The summed E-state index contributed by atoms with van der Waals surface area (Å²) < 4.78 is 1.54. The number of nitrogens with two attached hydrogens (primary N) is 2. The second-order valence-electron chi connectivity index (χ2n) is 7.33. The maximum atomic E-state index is 12.0. The Kier molecular flexibility index (Phi) is 4.31. The van der Waals surface area contributed by atoms with Crippen LogP contribution in [0.3, 0.4) is 0 Å². The van der Waals surface area contributed by atoms with Gasteiger partial charge in [-0.05, 0) is 67.9 Å². The minimum absolute atomic E-state index is 0.250. The van der Waals surface area contributed by atoms with Gasteiger partial charge in [0.2, 0.25) is 0 Å². The molecule has 0 aliphatic heterocycles. The molecule has 2 aromatic rings. The molecule has 2 aliphatic rings. The zero-order valence-electron chi connectivity index (χ0n) is 14.3. The van der Waals surface area contributed by atoms with Crippen LogP contribution < -0.4 is 22.5 Å². The number of nitrogens with one attached hydrogen (secondary N) is 1. The van der Waals surface area contributed by atoms with Crippen molar-refractivity contribution in [2.45, 2.75) is 56.7 Å². The van der Waals surface area contributed by atoms with Gasteiger partial charge < -0.3 is 16.8 Å². The van der Waals surface area contributed by atoms with Gasteiger partial charge >= 0.3 is 5.69 Å². The molecule has 6 nitrogen and oxygen atoms in total. The lowest BCUT2D eigenvalue weighted by atomic mass is 9.87. The van der Waals surface area contributed by atoms with Crippen molar-refractivity contribution in [3.05, 3.63) is 52.1 Å². The molecule has 0 bridgehead atoms. The quantitative estimate of drug-likeness (QED) is 0.779. The summed E-state index contributed by atoms with van der Waals surface area (Å²) >= 11 is 0. The summed E-state index contributed by atoms with van der Waals surface area (Å²) in [6.07, 6.45) is 8.29. The van der Waals surface area contributed by atoms with E-state index in [0.717, 1.165) is 37.8 Å². The fraction of sp³-hybridized carbons (Fsp3) is 0.474. The van der Waals surface area contributed by atoms with E-state index in [1.165, 1.54) is 17.5 Å². The maximum absolute atomic E-state index is 12.0. The Labute approximate surface area is 147 Å². The number of nitrogen functional groups attached to an aromatic ring is 1. The van der Waals surface area contributed by atoms with Crippen LogP contribution in [-0.2, 0) is 12.8 Å². The van der Waals surface area contributed by atoms with Crippen LogP contribution in [0.2, 0.25) is 0 Å². The van der Waals surface area contributed by atoms with Crippen molar-refractivity contribution in [3.63, 3.8) is 0 Å². The molecule has 2 aliphatic carbocycles. The van der Waals surface area contributed by atoms with Gasteiger partial charge in [-0.15, -0.1) is 0 Å². The minimum atomic E-state index is -0.340. The molecule has 0 saturated heterocycles. The smallest absolute Gasteiger partial charge is 0.354 e. The number of anilines is 1. The van der Waals surface area contributed by atoms with E-state index in [9.17, 15) is 4.79 Å². The monoisotopic (exact) mass is 339 g/mol. The van der Waals surface area contributed by atoms with Gasteiger partial charge in [0, 0.05) is 24.3 Å². The zero-order valence-corrected chi connectivity index (χ0v) is 14.3. The van der Waals surface area contributed by atoms with Crippen molar-refractivity contribution in [2.24, 2.45) is 5.73 Å². The lowest BCUT2D eigenvalue weighted by Crippen LogP contribution is -2.41. The van der Waals surface area contributed by atoms with E-state index < -0.39 is 0 Å². The van der Waals surface area contributed by atoms with Crippen LogP contribution in [0.15, 0.2) is 35.3 Å². The Morgan fingerprint density at radius 2 is 2.00 bits per heavy atom. The Morgan fingerprint density at radius 1 is 1.12 bits per heavy atom. The largest absolute Gasteiger partial charge is 0.383 e. The topological polar surface area (TPSA) is 99.0 Å². The Bertz CT molecular complexity index is 831. The normalized spacial score (nSPS) is 25.7. The maximum Gasteiger partial charge on any atom is 0.354 e. The van der Waals surface area contributed by atoms with Crippen LogP contribution in [0, 0.1) is 0 Å². The molecular formula is C19H25N5O. The zero-order chi connectivity index (χ0) is 17.4. The summed E-state index contributed by atoms with van der Waals surface area (Å²) in [6.45, 7) is 0. The molecule has 5 N–H and O–H groups in total. The van der Waals surface area contributed by atoms with Crippen LogP contribution in [-0.4, -0.2) is 27.7 Å². The lowest BCUT2D eigenvalue weighted by molar-refractivity contribution is 0.393. The molecule has 3 atom stereocenters. The summed E-state index contributed by atoms with van der Waals surface area (Å²) in [6, 6.07) is 9.34. The molecule has 0 amide bonds. The second-order valence-corrected chi connectivity index (χ2v) is 7.33. The van der Waals surface area contributed by atoms with Gasteiger partial charge in [0.15, 0.2) is 0 Å². The van der Waals surface area contributed by atoms with Crippen molar-refractivity contribution >= 4 is 5.82 Å². The van der Waals surface area contributed by atoms with E-state index in [4.69, 9.17) is 11.5 Å². The fourth-order valence-corrected chi connectivity index (χ4v) is 4.15. The van der Waals surface area contributed by atoms with Crippen LogP contribution in [0.4, 0.5) is 5.82 Å². The van der Waals surface area contributed by atoms with Crippen LogP contribution in [0.25, 0.3) is 5.69 Å². The number of benzene rings is 1. The fourth-order valence-electron chi connectivity index (χ4n) is 4.15. The summed E-state index contributed by atoms with van der Waals surface area (Å²) in [4.78, 5) is 15.8. The van der Waals surface area contributed by atoms with Crippen LogP contribution >= 0.6 is 0 Å². The van der Waals surface area contributed by atoms with E-state index >= 15 is 0 Å². The van der Waals surface area contributed by atoms with Gasteiger partial charge in [0.25, 0.3) is 0 Å². The SMILES string of the molecule is Nc1ccn(-c2ccc3c(c2)CCC(NC2CCC(N)C2)C3)c(=O)n1. The van der Waals surface area contributed by atoms with Crippen molar-refractivity contribution in [2.75, 3.05) is 5.73 Å². The highest BCUT2D eigenvalue weighted by Gasteiger charge is 2.26. The van der Waals surface area contributed by atoms with Crippen LogP contribution in [0.1, 0.15) is 36.8 Å². The number of nitrogens with zero attached hydrogens (tertiary/aromatic N) is 2. The van der Waals surface area contributed by atoms with Gasteiger partial charge in [-0.1, -0.05) is 6.07 Å². The van der Waals surface area contributed by atoms with Gasteiger partial charge in [-0.25, -0.2) is 4.79 Å². The molecule has 25 heavy (non-hydrogen) atoms. The average Bonchev–Trinajstić information content (AvgIpc) is 2.99. The second kappa shape index (κ2) is 6.61. The molecule has 0 radical (unpaired) electrons. The van der Waals surface area contributed by atoms with Gasteiger partial charge in [0.1, 0.15) is 5.82 Å². The first-order valence-corrected chi connectivity index (χ1v) is 9.07. The molecule has 6 heteroatoms. The van der Waals surface area contributed by atoms with Crippen molar-refractivity contribution < 1.29 is 0 Å². The molecule has 0 spiro atoms. The van der Waals surface area contributed by atoms with E-state index in [2.05, 4.69) is 22.4 Å². The van der Waals surface area contributed by atoms with Gasteiger partial charge in [0.05, 0.1) is 5.69 Å². The number of hydrogen-bond acceptors (Lipinski definition) is 5. The summed E-state index contributed by atoms with van der Waals surface area (Å²) in [5.74, 6) is 0.250. The summed E-state index contributed by atoms with van der Waals surface area (Å²) in [5.41, 5.74) is 14.8.